The number of benzene rings is 1. The van der Waals surface area contributed by atoms with Crippen LogP contribution in [-0.4, -0.2) is 31.6 Å². The molecule has 0 aromatic heterocycles. The van der Waals surface area contributed by atoms with Crippen molar-refractivity contribution in [1.29, 1.82) is 0 Å². The van der Waals surface area contributed by atoms with Gasteiger partial charge in [-0.3, -0.25) is 0 Å². The van der Waals surface area contributed by atoms with Crippen molar-refractivity contribution in [1.82, 2.24) is 4.31 Å². The van der Waals surface area contributed by atoms with Gasteiger partial charge >= 0.3 is 0 Å². The second-order valence-corrected chi connectivity index (χ2v) is 6.75. The number of aryl methyl sites for hydroxylation is 1. The molecule has 0 spiro atoms. The van der Waals surface area contributed by atoms with Gasteiger partial charge in [0.05, 0.1) is 5.75 Å². The standard InChI is InChI=1S/C14H24N2O2S/c1-3-16(19(17,18)11-7-6-10-15)12-14-9-5-4-8-13(14)2/h4-5,8-9H,3,6-7,10-12,15H2,1-2H3. The summed E-state index contributed by atoms with van der Waals surface area (Å²) in [5.41, 5.74) is 7.59. The third-order valence-electron chi connectivity index (χ3n) is 3.21. The molecule has 0 aliphatic rings. The molecule has 0 atom stereocenters. The van der Waals surface area contributed by atoms with Crippen LogP contribution in [0.3, 0.4) is 0 Å². The number of hydrogen-bond donors (Lipinski definition) is 1. The van der Waals surface area contributed by atoms with E-state index in [0.29, 0.717) is 26.1 Å². The second kappa shape index (κ2) is 7.62. The first-order chi connectivity index (χ1) is 9.01. The van der Waals surface area contributed by atoms with Crippen LogP contribution in [0.25, 0.3) is 0 Å². The zero-order valence-electron chi connectivity index (χ0n) is 11.8. The summed E-state index contributed by atoms with van der Waals surface area (Å²) in [6.07, 6.45) is 1.38. The highest BCUT2D eigenvalue weighted by Gasteiger charge is 2.20. The molecule has 0 aliphatic heterocycles. The molecule has 0 saturated heterocycles. The summed E-state index contributed by atoms with van der Waals surface area (Å²) >= 11 is 0. The van der Waals surface area contributed by atoms with Crippen molar-refractivity contribution in [3.05, 3.63) is 35.4 Å². The molecule has 19 heavy (non-hydrogen) atoms. The lowest BCUT2D eigenvalue weighted by molar-refractivity contribution is 0.421. The fourth-order valence-electron chi connectivity index (χ4n) is 1.94. The van der Waals surface area contributed by atoms with Crippen molar-refractivity contribution in [2.75, 3.05) is 18.8 Å². The summed E-state index contributed by atoms with van der Waals surface area (Å²) < 4.78 is 26.0. The van der Waals surface area contributed by atoms with Gasteiger partial charge in [-0.15, -0.1) is 0 Å². The predicted octanol–water partition coefficient (Wildman–Crippen LogP) is 1.89. The van der Waals surface area contributed by atoms with Gasteiger partial charge in [-0.1, -0.05) is 31.2 Å². The van der Waals surface area contributed by atoms with Gasteiger partial charge in [-0.2, -0.15) is 4.31 Å². The van der Waals surface area contributed by atoms with Gasteiger partial charge in [0.15, 0.2) is 0 Å². The van der Waals surface area contributed by atoms with Crippen LogP contribution in [0.2, 0.25) is 0 Å². The molecule has 0 aliphatic carbocycles. The third-order valence-corrected chi connectivity index (χ3v) is 5.19. The van der Waals surface area contributed by atoms with E-state index in [4.69, 9.17) is 5.73 Å². The van der Waals surface area contributed by atoms with Crippen LogP contribution < -0.4 is 5.73 Å². The normalized spacial score (nSPS) is 12.0. The van der Waals surface area contributed by atoms with Gasteiger partial charge in [0, 0.05) is 13.1 Å². The van der Waals surface area contributed by atoms with E-state index in [0.717, 1.165) is 17.5 Å². The molecule has 1 aromatic carbocycles. The molecule has 0 saturated carbocycles. The molecule has 108 valence electrons. The Balaban J connectivity index is 2.75. The van der Waals surface area contributed by atoms with Crippen molar-refractivity contribution >= 4 is 10.0 Å². The SMILES string of the molecule is CCN(Cc1ccccc1C)S(=O)(=O)CCCCN. The Morgan fingerprint density at radius 2 is 1.89 bits per heavy atom. The average Bonchev–Trinajstić information content (AvgIpc) is 2.37. The Labute approximate surface area is 116 Å². The van der Waals surface area contributed by atoms with E-state index in [2.05, 4.69) is 0 Å². The molecular weight excluding hydrogens is 260 g/mol. The van der Waals surface area contributed by atoms with E-state index in [1.807, 2.05) is 38.1 Å². The van der Waals surface area contributed by atoms with Crippen LogP contribution in [0, 0.1) is 6.92 Å². The fourth-order valence-corrected chi connectivity index (χ4v) is 3.50. The summed E-state index contributed by atoms with van der Waals surface area (Å²) in [7, 11) is -3.18. The minimum absolute atomic E-state index is 0.184. The highest BCUT2D eigenvalue weighted by Crippen LogP contribution is 2.14. The van der Waals surface area contributed by atoms with Gasteiger partial charge in [0.1, 0.15) is 0 Å². The summed E-state index contributed by atoms with van der Waals surface area (Å²) in [5, 5.41) is 0. The first-order valence-electron chi connectivity index (χ1n) is 6.73. The number of rotatable bonds is 8. The number of hydrogen-bond acceptors (Lipinski definition) is 3. The fraction of sp³-hybridized carbons (Fsp3) is 0.571. The van der Waals surface area contributed by atoms with Crippen molar-refractivity contribution in [3.63, 3.8) is 0 Å². The zero-order valence-corrected chi connectivity index (χ0v) is 12.6. The van der Waals surface area contributed by atoms with Crippen LogP contribution in [0.15, 0.2) is 24.3 Å². The largest absolute Gasteiger partial charge is 0.330 e. The predicted molar refractivity (Wildman–Crippen MR) is 79.3 cm³/mol. The summed E-state index contributed by atoms with van der Waals surface area (Å²) in [6, 6.07) is 7.89. The molecular formula is C14H24N2O2S. The van der Waals surface area contributed by atoms with Gasteiger partial charge < -0.3 is 5.73 Å². The van der Waals surface area contributed by atoms with E-state index in [-0.39, 0.29) is 5.75 Å². The molecule has 0 fully saturated rings. The smallest absolute Gasteiger partial charge is 0.214 e. The summed E-state index contributed by atoms with van der Waals surface area (Å²) in [6.45, 7) is 5.37. The number of nitrogens with two attached hydrogens (primary N) is 1. The maximum atomic E-state index is 12.2. The Bertz CT molecular complexity index is 486. The highest BCUT2D eigenvalue weighted by atomic mass is 32.2. The monoisotopic (exact) mass is 284 g/mol. The Kier molecular flexibility index (Phi) is 6.48. The first-order valence-corrected chi connectivity index (χ1v) is 8.34. The van der Waals surface area contributed by atoms with Crippen molar-refractivity contribution in [2.24, 2.45) is 5.73 Å². The molecule has 5 heteroatoms. The molecule has 0 heterocycles. The average molecular weight is 284 g/mol. The molecule has 0 bridgehead atoms. The highest BCUT2D eigenvalue weighted by molar-refractivity contribution is 7.89. The number of unbranched alkanes of at least 4 members (excludes halogenated alkanes) is 1. The van der Waals surface area contributed by atoms with Crippen LogP contribution in [0.4, 0.5) is 0 Å². The zero-order chi connectivity index (χ0) is 14.3. The van der Waals surface area contributed by atoms with Gasteiger partial charge in [-0.25, -0.2) is 8.42 Å². The summed E-state index contributed by atoms with van der Waals surface area (Å²) in [4.78, 5) is 0. The van der Waals surface area contributed by atoms with E-state index in [9.17, 15) is 8.42 Å². The lowest BCUT2D eigenvalue weighted by Crippen LogP contribution is -2.32. The van der Waals surface area contributed by atoms with Crippen LogP contribution in [0.5, 0.6) is 0 Å². The van der Waals surface area contributed by atoms with E-state index in [1.54, 1.807) is 4.31 Å². The van der Waals surface area contributed by atoms with Crippen molar-refractivity contribution in [3.8, 4) is 0 Å². The molecule has 0 amide bonds. The molecule has 0 unspecified atom stereocenters. The lowest BCUT2D eigenvalue weighted by Gasteiger charge is -2.21. The second-order valence-electron chi connectivity index (χ2n) is 4.66. The Hall–Kier alpha value is -0.910. The molecule has 1 aromatic rings. The summed E-state index contributed by atoms with van der Waals surface area (Å²) in [5.74, 6) is 0.184. The third kappa shape index (κ3) is 4.93. The maximum absolute atomic E-state index is 12.2. The van der Waals surface area contributed by atoms with E-state index >= 15 is 0 Å². The van der Waals surface area contributed by atoms with Gasteiger partial charge in [0.2, 0.25) is 10.0 Å². The minimum Gasteiger partial charge on any atom is -0.330 e. The maximum Gasteiger partial charge on any atom is 0.214 e. The molecule has 4 nitrogen and oxygen atoms in total. The van der Waals surface area contributed by atoms with Gasteiger partial charge in [-0.05, 0) is 37.4 Å². The number of sulfonamides is 1. The Morgan fingerprint density at radius 3 is 2.47 bits per heavy atom. The topological polar surface area (TPSA) is 63.4 Å². The Morgan fingerprint density at radius 1 is 1.21 bits per heavy atom. The molecule has 2 N–H and O–H groups in total. The first kappa shape index (κ1) is 16.1. The van der Waals surface area contributed by atoms with E-state index in [1.165, 1.54) is 0 Å². The van der Waals surface area contributed by atoms with Crippen LogP contribution >= 0.6 is 0 Å². The van der Waals surface area contributed by atoms with Gasteiger partial charge in [0.25, 0.3) is 0 Å². The minimum atomic E-state index is -3.18. The quantitative estimate of drug-likeness (QED) is 0.741. The molecule has 0 radical (unpaired) electrons. The lowest BCUT2D eigenvalue weighted by atomic mass is 10.1. The van der Waals surface area contributed by atoms with Crippen molar-refractivity contribution in [2.45, 2.75) is 33.2 Å². The van der Waals surface area contributed by atoms with E-state index < -0.39 is 10.0 Å². The van der Waals surface area contributed by atoms with Crippen LogP contribution in [-0.2, 0) is 16.6 Å². The van der Waals surface area contributed by atoms with Crippen molar-refractivity contribution < 1.29 is 8.42 Å². The van der Waals surface area contributed by atoms with Crippen LogP contribution in [0.1, 0.15) is 30.9 Å². The molecule has 1 rings (SSSR count). The number of nitrogens with zero attached hydrogens (tertiary/aromatic N) is 1.